The van der Waals surface area contributed by atoms with E-state index in [4.69, 9.17) is 4.98 Å². The van der Waals surface area contributed by atoms with E-state index in [2.05, 4.69) is 161 Å². The summed E-state index contributed by atoms with van der Waals surface area (Å²) in [5, 5.41) is 5.19. The van der Waals surface area contributed by atoms with Crippen LogP contribution in [-0.2, 0) is 0 Å². The monoisotopic (exact) mass is 559 g/mol. The summed E-state index contributed by atoms with van der Waals surface area (Å²) in [6.07, 6.45) is 0. The van der Waals surface area contributed by atoms with Gasteiger partial charge in [-0.05, 0) is 88.3 Å². The summed E-state index contributed by atoms with van der Waals surface area (Å²) in [5.74, 6) is 0.939. The number of fused-ring (bicyclic) bond motifs is 8. The summed E-state index contributed by atoms with van der Waals surface area (Å²) in [6.45, 7) is 0. The zero-order chi connectivity index (χ0) is 28.8. The van der Waals surface area contributed by atoms with E-state index in [-0.39, 0.29) is 0 Å². The van der Waals surface area contributed by atoms with Crippen molar-refractivity contribution < 1.29 is 0 Å². The van der Waals surface area contributed by atoms with Crippen molar-refractivity contribution in [2.24, 2.45) is 0 Å². The summed E-state index contributed by atoms with van der Waals surface area (Å²) in [7, 11) is 0. The summed E-state index contributed by atoms with van der Waals surface area (Å²) in [4.78, 5) is 5.09. The predicted octanol–water partition coefficient (Wildman–Crippen LogP) is 10.6. The fourth-order valence-electron chi connectivity index (χ4n) is 7.41. The molecule has 0 bridgehead atoms. The maximum absolute atomic E-state index is 5.09. The van der Waals surface area contributed by atoms with Crippen LogP contribution < -0.4 is 0 Å². The van der Waals surface area contributed by atoms with Crippen LogP contribution in [0.15, 0.2) is 152 Å². The molecule has 9 aromatic rings. The van der Waals surface area contributed by atoms with E-state index >= 15 is 0 Å². The zero-order valence-electron chi connectivity index (χ0n) is 23.8. The Morgan fingerprint density at radius 1 is 0.409 bits per heavy atom. The van der Waals surface area contributed by atoms with Gasteiger partial charge < -0.3 is 4.57 Å². The van der Waals surface area contributed by atoms with Gasteiger partial charge in [0.05, 0.1) is 22.1 Å². The number of rotatable bonds is 3. The zero-order valence-corrected chi connectivity index (χ0v) is 23.8. The Bertz CT molecular complexity index is 2590. The van der Waals surface area contributed by atoms with Crippen LogP contribution in [0.2, 0.25) is 0 Å². The van der Waals surface area contributed by atoms with Crippen LogP contribution in [0.5, 0.6) is 0 Å². The van der Waals surface area contributed by atoms with Gasteiger partial charge in [0.15, 0.2) is 0 Å². The van der Waals surface area contributed by atoms with E-state index in [1.807, 2.05) is 0 Å². The van der Waals surface area contributed by atoms with Gasteiger partial charge in [0.2, 0.25) is 0 Å². The minimum absolute atomic E-state index is 0.939. The molecule has 0 atom stereocenters. The molecule has 7 aromatic carbocycles. The first kappa shape index (κ1) is 23.6. The second kappa shape index (κ2) is 8.79. The van der Waals surface area contributed by atoms with E-state index in [9.17, 15) is 0 Å². The molecule has 0 spiro atoms. The highest BCUT2D eigenvalue weighted by atomic mass is 15.1. The van der Waals surface area contributed by atoms with Crippen molar-refractivity contribution in [2.75, 3.05) is 0 Å². The Hall–Kier alpha value is -5.93. The minimum Gasteiger partial charge on any atom is -0.309 e. The first-order chi connectivity index (χ1) is 21.8. The average Bonchev–Trinajstić information content (AvgIpc) is 3.75. The molecule has 0 unspecified atom stereocenters. The van der Waals surface area contributed by atoms with Gasteiger partial charge in [-0.3, -0.25) is 4.57 Å². The van der Waals surface area contributed by atoms with Gasteiger partial charge in [-0.15, -0.1) is 0 Å². The molecule has 1 aliphatic rings. The van der Waals surface area contributed by atoms with Crippen LogP contribution in [0.1, 0.15) is 0 Å². The van der Waals surface area contributed by atoms with E-state index in [0.29, 0.717) is 0 Å². The fraction of sp³-hybridized carbons (Fsp3) is 0. The lowest BCUT2D eigenvalue weighted by Gasteiger charge is -2.13. The highest BCUT2D eigenvalue weighted by Gasteiger charge is 2.25. The van der Waals surface area contributed by atoms with Gasteiger partial charge in [0.1, 0.15) is 5.82 Å². The van der Waals surface area contributed by atoms with Crippen LogP contribution in [-0.4, -0.2) is 14.1 Å². The van der Waals surface area contributed by atoms with E-state index in [0.717, 1.165) is 33.8 Å². The Labute approximate surface area is 253 Å². The second-order valence-corrected chi connectivity index (χ2v) is 11.6. The summed E-state index contributed by atoms with van der Waals surface area (Å²) >= 11 is 0. The molecular weight excluding hydrogens is 534 g/mol. The van der Waals surface area contributed by atoms with Crippen molar-refractivity contribution in [3.63, 3.8) is 0 Å². The average molecular weight is 560 g/mol. The van der Waals surface area contributed by atoms with Crippen LogP contribution in [0, 0.1) is 0 Å². The van der Waals surface area contributed by atoms with Crippen molar-refractivity contribution in [1.82, 2.24) is 14.1 Å². The molecule has 1 aliphatic carbocycles. The molecule has 3 heteroatoms. The molecule has 204 valence electrons. The lowest BCUT2D eigenvalue weighted by atomic mass is 9.99. The topological polar surface area (TPSA) is 22.8 Å². The van der Waals surface area contributed by atoms with Crippen LogP contribution in [0.25, 0.3) is 88.6 Å². The van der Waals surface area contributed by atoms with Crippen molar-refractivity contribution in [3.05, 3.63) is 152 Å². The molecule has 0 fully saturated rings. The molecular formula is C41H25N3. The molecule has 0 saturated carbocycles. The summed E-state index contributed by atoms with van der Waals surface area (Å²) < 4.78 is 4.70. The van der Waals surface area contributed by atoms with Gasteiger partial charge in [0.25, 0.3) is 0 Å². The van der Waals surface area contributed by atoms with Crippen LogP contribution in [0.3, 0.4) is 0 Å². The van der Waals surface area contributed by atoms with Crippen LogP contribution in [0.4, 0.5) is 0 Å². The number of aromatic nitrogens is 3. The highest BCUT2D eigenvalue weighted by molar-refractivity contribution is 6.27. The maximum Gasteiger partial charge on any atom is 0.145 e. The SMILES string of the molecule is c1ccc(-n2c(-c3ccc(-n4c5ccccc5c5cc6c7c(cccc7c54)-c4ccccc4-6)cc3)nc3ccccc32)cc1. The smallest absolute Gasteiger partial charge is 0.145 e. The first-order valence-corrected chi connectivity index (χ1v) is 15.1. The predicted molar refractivity (Wildman–Crippen MR) is 183 cm³/mol. The number of nitrogens with zero attached hydrogens (tertiary/aromatic N) is 3. The van der Waals surface area contributed by atoms with Crippen molar-refractivity contribution in [3.8, 4) is 45.0 Å². The normalized spacial score (nSPS) is 12.1. The van der Waals surface area contributed by atoms with Gasteiger partial charge in [-0.25, -0.2) is 4.98 Å². The van der Waals surface area contributed by atoms with E-state index < -0.39 is 0 Å². The van der Waals surface area contributed by atoms with E-state index in [1.165, 1.54) is 54.8 Å². The highest BCUT2D eigenvalue weighted by Crippen LogP contribution is 2.51. The number of imidazole rings is 1. The molecule has 3 nitrogen and oxygen atoms in total. The molecule has 0 aliphatic heterocycles. The Morgan fingerprint density at radius 2 is 1.05 bits per heavy atom. The fourth-order valence-corrected chi connectivity index (χ4v) is 7.41. The molecule has 0 amide bonds. The van der Waals surface area contributed by atoms with Crippen molar-refractivity contribution in [1.29, 1.82) is 0 Å². The molecule has 10 rings (SSSR count). The standard InChI is InChI=1S/C41H25N3/c1-2-11-27(12-3-1)44-38-20-9-7-18-36(38)42-41(44)26-21-23-28(24-22-26)43-37-19-8-6-15-31(37)35-25-34-30-14-5-4-13-29(30)32-16-10-17-33(39(32)34)40(35)43/h1-25H. The summed E-state index contributed by atoms with van der Waals surface area (Å²) in [6, 6.07) is 54.6. The van der Waals surface area contributed by atoms with Gasteiger partial charge in [0, 0.05) is 33.1 Å². The Balaban J connectivity index is 1.22. The van der Waals surface area contributed by atoms with Crippen LogP contribution >= 0.6 is 0 Å². The molecule has 44 heavy (non-hydrogen) atoms. The molecule has 0 N–H and O–H groups in total. The first-order valence-electron chi connectivity index (χ1n) is 15.1. The van der Waals surface area contributed by atoms with Crippen molar-refractivity contribution >= 4 is 43.6 Å². The maximum atomic E-state index is 5.09. The number of hydrogen-bond acceptors (Lipinski definition) is 1. The third kappa shape index (κ3) is 3.13. The third-order valence-electron chi connectivity index (χ3n) is 9.26. The molecule has 0 saturated heterocycles. The van der Waals surface area contributed by atoms with Gasteiger partial charge in [-0.2, -0.15) is 0 Å². The molecule has 2 heterocycles. The van der Waals surface area contributed by atoms with Gasteiger partial charge in [-0.1, -0.05) is 91.0 Å². The lowest BCUT2D eigenvalue weighted by molar-refractivity contribution is 1.10. The van der Waals surface area contributed by atoms with E-state index in [1.54, 1.807) is 0 Å². The third-order valence-corrected chi connectivity index (χ3v) is 9.26. The lowest BCUT2D eigenvalue weighted by Crippen LogP contribution is -1.98. The minimum atomic E-state index is 0.939. The molecule has 2 aromatic heterocycles. The number of para-hydroxylation sites is 4. The second-order valence-electron chi connectivity index (χ2n) is 11.6. The largest absolute Gasteiger partial charge is 0.309 e. The van der Waals surface area contributed by atoms with Gasteiger partial charge >= 0.3 is 0 Å². The Kier molecular flexibility index (Phi) is 4.72. The summed E-state index contributed by atoms with van der Waals surface area (Å²) in [5.41, 5.74) is 13.2. The Morgan fingerprint density at radius 3 is 1.89 bits per heavy atom. The van der Waals surface area contributed by atoms with Crippen molar-refractivity contribution in [2.45, 2.75) is 0 Å². The number of hydrogen-bond donors (Lipinski definition) is 0. The number of benzene rings is 7. The quantitative estimate of drug-likeness (QED) is 0.211. The molecule has 0 radical (unpaired) electrons.